The number of nitrogens with two attached hydrogens (primary N) is 1. The molecule has 0 radical (unpaired) electrons. The van der Waals surface area contributed by atoms with E-state index in [1.165, 1.54) is 12.5 Å². The maximum absolute atomic E-state index is 12.0. The Kier molecular flexibility index (Phi) is 5.56. The number of carbonyl (C=O) groups excluding carboxylic acids is 3. The van der Waals surface area contributed by atoms with E-state index >= 15 is 0 Å². The third-order valence-electron chi connectivity index (χ3n) is 3.76. The Morgan fingerprint density at radius 1 is 1.35 bits per heavy atom. The Morgan fingerprint density at radius 3 is 2.83 bits per heavy atom. The summed E-state index contributed by atoms with van der Waals surface area (Å²) in [5.41, 5.74) is 7.27. The van der Waals surface area contributed by atoms with Gasteiger partial charge in [0.25, 0.3) is 5.91 Å². The van der Waals surface area contributed by atoms with E-state index in [9.17, 15) is 14.4 Å². The first kappa shape index (κ1) is 16.8. The van der Waals surface area contributed by atoms with E-state index in [1.54, 1.807) is 0 Å². The molecule has 0 saturated heterocycles. The molecule has 124 valence electrons. The van der Waals surface area contributed by atoms with Gasteiger partial charge in [0, 0.05) is 0 Å². The largest absolute Gasteiger partial charge is 0.454 e. The Morgan fingerprint density at radius 2 is 2.09 bits per heavy atom. The van der Waals surface area contributed by atoms with Gasteiger partial charge in [0.05, 0.1) is 6.04 Å². The molecular formula is C16H21N3O4. The monoisotopic (exact) mass is 319 g/mol. The molecule has 0 spiro atoms. The minimum atomic E-state index is -0.893. The number of carbonyl (C=O) groups is 3. The number of hydrogen-bond acceptors (Lipinski definition) is 4. The molecule has 3 amide bonds. The number of primary amides is 1. The van der Waals surface area contributed by atoms with Gasteiger partial charge in [0.15, 0.2) is 6.61 Å². The van der Waals surface area contributed by atoms with E-state index in [0.29, 0.717) is 0 Å². The third-order valence-corrected chi connectivity index (χ3v) is 3.76. The second-order valence-electron chi connectivity index (χ2n) is 5.55. The SMILES string of the molecule is C[C@H](NC(N)=O)C(=O)OCC(=O)NC1CCCc2ccccc21. The molecule has 1 aliphatic rings. The van der Waals surface area contributed by atoms with Crippen LogP contribution in [-0.4, -0.2) is 30.6 Å². The van der Waals surface area contributed by atoms with E-state index < -0.39 is 18.0 Å². The summed E-state index contributed by atoms with van der Waals surface area (Å²) >= 11 is 0. The smallest absolute Gasteiger partial charge is 0.328 e. The predicted octanol–water partition coefficient (Wildman–Crippen LogP) is 0.780. The number of rotatable bonds is 5. The summed E-state index contributed by atoms with van der Waals surface area (Å²) in [6.45, 7) is 1.05. The van der Waals surface area contributed by atoms with Crippen LogP contribution in [0.5, 0.6) is 0 Å². The van der Waals surface area contributed by atoms with Crippen molar-refractivity contribution in [3.05, 3.63) is 35.4 Å². The fourth-order valence-corrected chi connectivity index (χ4v) is 2.67. The Balaban J connectivity index is 1.84. The summed E-state index contributed by atoms with van der Waals surface area (Å²) in [4.78, 5) is 34.2. The summed E-state index contributed by atoms with van der Waals surface area (Å²) in [6.07, 6.45) is 2.87. The Bertz CT molecular complexity index is 603. The molecule has 1 aromatic rings. The van der Waals surface area contributed by atoms with Crippen LogP contribution in [0, 0.1) is 0 Å². The van der Waals surface area contributed by atoms with Crippen molar-refractivity contribution in [3.8, 4) is 0 Å². The lowest BCUT2D eigenvalue weighted by Crippen LogP contribution is -2.43. The summed E-state index contributed by atoms with van der Waals surface area (Å²) in [6, 6.07) is 6.22. The van der Waals surface area contributed by atoms with Gasteiger partial charge in [-0.2, -0.15) is 0 Å². The molecule has 4 N–H and O–H groups in total. The van der Waals surface area contributed by atoms with Crippen molar-refractivity contribution in [1.82, 2.24) is 10.6 Å². The number of amides is 3. The van der Waals surface area contributed by atoms with E-state index in [2.05, 4.69) is 16.7 Å². The minimum absolute atomic E-state index is 0.0627. The Labute approximate surface area is 134 Å². The van der Waals surface area contributed by atoms with Crippen LogP contribution in [0.3, 0.4) is 0 Å². The van der Waals surface area contributed by atoms with Crippen molar-refractivity contribution in [2.45, 2.75) is 38.3 Å². The molecule has 1 aliphatic carbocycles. The van der Waals surface area contributed by atoms with Crippen LogP contribution in [0.4, 0.5) is 4.79 Å². The molecule has 1 aromatic carbocycles. The predicted molar refractivity (Wildman–Crippen MR) is 83.4 cm³/mol. The molecule has 7 nitrogen and oxygen atoms in total. The number of hydrogen-bond donors (Lipinski definition) is 3. The summed E-state index contributed by atoms with van der Waals surface area (Å²) in [5, 5.41) is 5.08. The molecule has 7 heteroatoms. The second kappa shape index (κ2) is 7.62. The Hall–Kier alpha value is -2.57. The molecule has 0 saturated carbocycles. The summed E-state index contributed by atoms with van der Waals surface area (Å²) < 4.78 is 4.87. The molecule has 23 heavy (non-hydrogen) atoms. The van der Waals surface area contributed by atoms with Crippen molar-refractivity contribution >= 4 is 17.9 Å². The van der Waals surface area contributed by atoms with Gasteiger partial charge in [-0.05, 0) is 37.3 Å². The normalized spacial score (nSPS) is 17.5. The van der Waals surface area contributed by atoms with Crippen LogP contribution in [-0.2, 0) is 20.7 Å². The number of aryl methyl sites for hydroxylation is 1. The van der Waals surface area contributed by atoms with Crippen LogP contribution in [0.1, 0.15) is 36.9 Å². The number of urea groups is 1. The first-order valence-corrected chi connectivity index (χ1v) is 7.57. The first-order valence-electron chi connectivity index (χ1n) is 7.57. The van der Waals surface area contributed by atoms with Gasteiger partial charge in [-0.1, -0.05) is 24.3 Å². The van der Waals surface area contributed by atoms with Crippen molar-refractivity contribution in [2.75, 3.05) is 6.61 Å². The molecule has 0 aromatic heterocycles. The topological polar surface area (TPSA) is 111 Å². The van der Waals surface area contributed by atoms with Crippen molar-refractivity contribution < 1.29 is 19.1 Å². The zero-order valence-electron chi connectivity index (χ0n) is 13.0. The number of ether oxygens (including phenoxy) is 1. The molecule has 2 rings (SSSR count). The van der Waals surface area contributed by atoms with Crippen LogP contribution in [0.25, 0.3) is 0 Å². The number of benzene rings is 1. The van der Waals surface area contributed by atoms with Crippen LogP contribution in [0.15, 0.2) is 24.3 Å². The molecule has 0 heterocycles. The van der Waals surface area contributed by atoms with Gasteiger partial charge in [-0.3, -0.25) is 4.79 Å². The van der Waals surface area contributed by atoms with Gasteiger partial charge < -0.3 is 21.1 Å². The number of fused-ring (bicyclic) bond motifs is 1. The van der Waals surface area contributed by atoms with E-state index in [-0.39, 0.29) is 18.6 Å². The highest BCUT2D eigenvalue weighted by Crippen LogP contribution is 2.29. The highest BCUT2D eigenvalue weighted by molar-refractivity contribution is 5.85. The maximum Gasteiger partial charge on any atom is 0.328 e. The summed E-state index contributed by atoms with van der Waals surface area (Å²) in [7, 11) is 0. The quantitative estimate of drug-likeness (QED) is 0.696. The fourth-order valence-electron chi connectivity index (χ4n) is 2.67. The molecule has 2 atom stereocenters. The average molecular weight is 319 g/mol. The summed E-state index contributed by atoms with van der Waals surface area (Å²) in [5.74, 6) is -1.07. The van der Waals surface area contributed by atoms with E-state index in [4.69, 9.17) is 10.5 Å². The zero-order chi connectivity index (χ0) is 16.8. The van der Waals surface area contributed by atoms with Gasteiger partial charge in [0.1, 0.15) is 6.04 Å². The zero-order valence-corrected chi connectivity index (χ0v) is 13.0. The second-order valence-corrected chi connectivity index (χ2v) is 5.55. The lowest BCUT2D eigenvalue weighted by Gasteiger charge is -2.26. The fraction of sp³-hybridized carbons (Fsp3) is 0.438. The average Bonchev–Trinajstić information content (AvgIpc) is 2.52. The number of esters is 1. The van der Waals surface area contributed by atoms with Crippen LogP contribution >= 0.6 is 0 Å². The highest BCUT2D eigenvalue weighted by Gasteiger charge is 2.22. The molecule has 0 aliphatic heterocycles. The van der Waals surface area contributed by atoms with Crippen molar-refractivity contribution in [1.29, 1.82) is 0 Å². The van der Waals surface area contributed by atoms with Gasteiger partial charge >= 0.3 is 12.0 Å². The van der Waals surface area contributed by atoms with Crippen LogP contribution < -0.4 is 16.4 Å². The highest BCUT2D eigenvalue weighted by atomic mass is 16.5. The van der Waals surface area contributed by atoms with E-state index in [1.807, 2.05) is 18.2 Å². The molecular weight excluding hydrogens is 298 g/mol. The molecule has 0 fully saturated rings. The first-order chi connectivity index (χ1) is 11.0. The lowest BCUT2D eigenvalue weighted by atomic mass is 9.88. The number of nitrogens with one attached hydrogen (secondary N) is 2. The third kappa shape index (κ3) is 4.70. The lowest BCUT2D eigenvalue weighted by molar-refractivity contribution is -0.150. The van der Waals surface area contributed by atoms with Crippen molar-refractivity contribution in [2.24, 2.45) is 5.73 Å². The maximum atomic E-state index is 12.0. The van der Waals surface area contributed by atoms with Gasteiger partial charge in [-0.25, -0.2) is 9.59 Å². The minimum Gasteiger partial charge on any atom is -0.454 e. The van der Waals surface area contributed by atoms with E-state index in [0.717, 1.165) is 24.8 Å². The van der Waals surface area contributed by atoms with Crippen molar-refractivity contribution in [3.63, 3.8) is 0 Å². The van der Waals surface area contributed by atoms with Gasteiger partial charge in [-0.15, -0.1) is 0 Å². The standard InChI is InChI=1S/C16H21N3O4/c1-10(18-16(17)22)15(21)23-9-14(20)19-13-8-4-6-11-5-2-3-7-12(11)13/h2-3,5,7,10,13H,4,6,8-9H2,1H3,(H,19,20)(H3,17,18,22)/t10-,13?/m0/s1. The molecule has 1 unspecified atom stereocenters. The van der Waals surface area contributed by atoms with Crippen LogP contribution in [0.2, 0.25) is 0 Å². The molecule has 0 bridgehead atoms. The van der Waals surface area contributed by atoms with Gasteiger partial charge in [0.2, 0.25) is 0 Å².